The Bertz CT molecular complexity index is 853. The zero-order valence-corrected chi connectivity index (χ0v) is 16.4. The molecule has 0 fully saturated rings. The van der Waals surface area contributed by atoms with Crippen LogP contribution in [0.4, 0.5) is 4.39 Å². The number of carbonyl (C=O) groups excluding carboxylic acids is 1. The van der Waals surface area contributed by atoms with Gasteiger partial charge >= 0.3 is 0 Å². The number of rotatable bonds is 7. The number of benzene rings is 2. The smallest absolute Gasteiger partial charge is 0.243 e. The van der Waals surface area contributed by atoms with Crippen LogP contribution in [0.15, 0.2) is 58.3 Å². The lowest BCUT2D eigenvalue weighted by atomic mass is 10.1. The second-order valence-electron chi connectivity index (χ2n) is 5.78. The van der Waals surface area contributed by atoms with Crippen LogP contribution in [0.2, 0.25) is 0 Å². The Labute approximate surface area is 157 Å². The first-order valence-corrected chi connectivity index (χ1v) is 10.6. The highest BCUT2D eigenvalue weighted by Gasteiger charge is 2.23. The Balaban J connectivity index is 2.01. The van der Waals surface area contributed by atoms with Crippen molar-refractivity contribution >= 4 is 27.7 Å². The molecule has 0 unspecified atom stereocenters. The summed E-state index contributed by atoms with van der Waals surface area (Å²) in [7, 11) is -2.39. The lowest BCUT2D eigenvalue weighted by Crippen LogP contribution is -2.39. The van der Waals surface area contributed by atoms with Gasteiger partial charge in [0.15, 0.2) is 0 Å². The number of halogens is 1. The van der Waals surface area contributed by atoms with E-state index in [9.17, 15) is 17.6 Å². The third kappa shape index (κ3) is 5.06. The van der Waals surface area contributed by atoms with Gasteiger partial charge in [0.2, 0.25) is 15.9 Å². The van der Waals surface area contributed by atoms with Crippen LogP contribution in [0, 0.1) is 5.82 Å². The van der Waals surface area contributed by atoms with Crippen LogP contribution in [0.25, 0.3) is 0 Å². The van der Waals surface area contributed by atoms with Gasteiger partial charge in [-0.1, -0.05) is 12.1 Å². The van der Waals surface area contributed by atoms with E-state index in [2.05, 4.69) is 5.32 Å². The van der Waals surface area contributed by atoms with Crippen LogP contribution in [0.5, 0.6) is 0 Å². The fourth-order valence-corrected chi connectivity index (χ4v) is 3.87. The Morgan fingerprint density at radius 2 is 1.73 bits per heavy atom. The number of carbonyl (C=O) groups is 1. The number of thioether (sulfide) groups is 1. The molecule has 1 N–H and O–H groups in total. The zero-order chi connectivity index (χ0) is 19.3. The summed E-state index contributed by atoms with van der Waals surface area (Å²) in [6, 6.07) is 11.9. The fourth-order valence-electron chi connectivity index (χ4n) is 2.34. The summed E-state index contributed by atoms with van der Waals surface area (Å²) in [5.74, 6) is -0.792. The monoisotopic (exact) mass is 396 g/mol. The standard InChI is InChI=1S/C18H21FN2O3S2/c1-13(14-4-6-15(19)7-5-14)20-18(22)12-21(2)26(23,24)17-10-8-16(25-3)9-11-17/h4-11,13H,12H2,1-3H3,(H,20,22)/t13-/m1/s1. The van der Waals surface area contributed by atoms with E-state index in [1.165, 1.54) is 43.1 Å². The molecule has 2 aromatic carbocycles. The predicted molar refractivity (Wildman–Crippen MR) is 101 cm³/mol. The molecule has 140 valence electrons. The van der Waals surface area contributed by atoms with Crippen molar-refractivity contribution in [3.05, 3.63) is 59.9 Å². The maximum Gasteiger partial charge on any atom is 0.243 e. The minimum atomic E-state index is -3.75. The highest BCUT2D eigenvalue weighted by atomic mass is 32.2. The Morgan fingerprint density at radius 3 is 2.27 bits per heavy atom. The molecule has 26 heavy (non-hydrogen) atoms. The number of hydrogen-bond donors (Lipinski definition) is 1. The fraction of sp³-hybridized carbons (Fsp3) is 0.278. The van der Waals surface area contributed by atoms with E-state index in [0.29, 0.717) is 0 Å². The van der Waals surface area contributed by atoms with E-state index in [0.717, 1.165) is 14.8 Å². The summed E-state index contributed by atoms with van der Waals surface area (Å²) in [6.07, 6.45) is 1.91. The van der Waals surface area contributed by atoms with Gasteiger partial charge in [-0.15, -0.1) is 11.8 Å². The summed E-state index contributed by atoms with van der Waals surface area (Å²) in [5, 5.41) is 2.72. The van der Waals surface area contributed by atoms with E-state index >= 15 is 0 Å². The number of hydrogen-bond acceptors (Lipinski definition) is 4. The molecule has 0 radical (unpaired) electrons. The number of sulfonamides is 1. The number of nitrogens with zero attached hydrogens (tertiary/aromatic N) is 1. The first-order valence-electron chi connectivity index (χ1n) is 7.89. The largest absolute Gasteiger partial charge is 0.348 e. The first kappa shape index (κ1) is 20.4. The zero-order valence-electron chi connectivity index (χ0n) is 14.8. The highest BCUT2D eigenvalue weighted by molar-refractivity contribution is 7.98. The maximum atomic E-state index is 13.0. The molecule has 5 nitrogen and oxygen atoms in total. The topological polar surface area (TPSA) is 66.5 Å². The average molecular weight is 397 g/mol. The van der Waals surface area contributed by atoms with Crippen LogP contribution in [-0.4, -0.2) is 38.5 Å². The van der Waals surface area contributed by atoms with Crippen LogP contribution in [0.1, 0.15) is 18.5 Å². The molecular formula is C18H21FN2O3S2. The third-order valence-corrected chi connectivity index (χ3v) is 6.44. The minimum absolute atomic E-state index is 0.136. The molecule has 0 bridgehead atoms. The second-order valence-corrected chi connectivity index (χ2v) is 8.70. The van der Waals surface area contributed by atoms with E-state index in [1.807, 2.05) is 6.26 Å². The second kappa shape index (κ2) is 8.66. The van der Waals surface area contributed by atoms with Gasteiger partial charge in [0.25, 0.3) is 0 Å². The molecule has 1 amide bonds. The molecule has 0 aromatic heterocycles. The van der Waals surface area contributed by atoms with Gasteiger partial charge in [-0.05, 0) is 55.1 Å². The molecule has 0 aliphatic carbocycles. The molecule has 8 heteroatoms. The van der Waals surface area contributed by atoms with Crippen molar-refractivity contribution in [1.82, 2.24) is 9.62 Å². The Kier molecular flexibility index (Phi) is 6.80. The van der Waals surface area contributed by atoms with Gasteiger partial charge in [-0.2, -0.15) is 4.31 Å². The molecule has 0 heterocycles. The van der Waals surface area contributed by atoms with Gasteiger partial charge in [-0.25, -0.2) is 12.8 Å². The lowest BCUT2D eigenvalue weighted by molar-refractivity contribution is -0.121. The predicted octanol–water partition coefficient (Wildman–Crippen LogP) is 3.05. The van der Waals surface area contributed by atoms with Crippen molar-refractivity contribution in [1.29, 1.82) is 0 Å². The van der Waals surface area contributed by atoms with Crippen LogP contribution >= 0.6 is 11.8 Å². The Hall–Kier alpha value is -1.90. The molecule has 0 aliphatic rings. The van der Waals surface area contributed by atoms with Crippen molar-refractivity contribution in [2.75, 3.05) is 19.8 Å². The van der Waals surface area contributed by atoms with Crippen molar-refractivity contribution in [2.24, 2.45) is 0 Å². The van der Waals surface area contributed by atoms with Crippen molar-refractivity contribution in [2.45, 2.75) is 22.8 Å². The summed E-state index contributed by atoms with van der Waals surface area (Å²) in [5.41, 5.74) is 0.734. The highest BCUT2D eigenvalue weighted by Crippen LogP contribution is 2.20. The van der Waals surface area contributed by atoms with E-state index in [1.54, 1.807) is 31.2 Å². The van der Waals surface area contributed by atoms with E-state index < -0.39 is 15.9 Å². The molecule has 2 aromatic rings. The molecule has 0 saturated carbocycles. The van der Waals surface area contributed by atoms with Gasteiger partial charge < -0.3 is 5.32 Å². The van der Waals surface area contributed by atoms with Crippen LogP contribution < -0.4 is 5.32 Å². The maximum absolute atomic E-state index is 13.0. The van der Waals surface area contributed by atoms with Gasteiger partial charge in [0.05, 0.1) is 17.5 Å². The quantitative estimate of drug-likeness (QED) is 0.731. The van der Waals surface area contributed by atoms with Crippen molar-refractivity contribution in [3.63, 3.8) is 0 Å². The average Bonchev–Trinajstić information content (AvgIpc) is 2.62. The Morgan fingerprint density at radius 1 is 1.15 bits per heavy atom. The molecule has 1 atom stereocenters. The number of likely N-dealkylation sites (N-methyl/N-ethyl adjacent to an activating group) is 1. The number of nitrogens with one attached hydrogen (secondary N) is 1. The van der Waals surface area contributed by atoms with Crippen LogP contribution in [-0.2, 0) is 14.8 Å². The van der Waals surface area contributed by atoms with E-state index in [4.69, 9.17) is 0 Å². The third-order valence-electron chi connectivity index (χ3n) is 3.88. The van der Waals surface area contributed by atoms with Crippen molar-refractivity contribution in [3.8, 4) is 0 Å². The molecule has 0 aliphatic heterocycles. The molecule has 0 spiro atoms. The lowest BCUT2D eigenvalue weighted by Gasteiger charge is -2.19. The summed E-state index contributed by atoms with van der Waals surface area (Å²) in [4.78, 5) is 13.3. The van der Waals surface area contributed by atoms with Crippen LogP contribution in [0.3, 0.4) is 0 Å². The summed E-state index contributed by atoms with van der Waals surface area (Å²) in [6.45, 7) is 1.44. The number of amides is 1. The minimum Gasteiger partial charge on any atom is -0.348 e. The summed E-state index contributed by atoms with van der Waals surface area (Å²) >= 11 is 1.52. The van der Waals surface area contributed by atoms with Gasteiger partial charge in [0.1, 0.15) is 5.82 Å². The van der Waals surface area contributed by atoms with E-state index in [-0.39, 0.29) is 23.3 Å². The van der Waals surface area contributed by atoms with Crippen molar-refractivity contribution < 1.29 is 17.6 Å². The molecular weight excluding hydrogens is 375 g/mol. The SMILES string of the molecule is CSc1ccc(S(=O)(=O)N(C)CC(=O)N[C@H](C)c2ccc(F)cc2)cc1. The normalized spacial score (nSPS) is 12.8. The van der Waals surface area contributed by atoms with Gasteiger partial charge in [-0.3, -0.25) is 4.79 Å². The van der Waals surface area contributed by atoms with Gasteiger partial charge in [0, 0.05) is 11.9 Å². The first-order chi connectivity index (χ1) is 12.2. The molecule has 0 saturated heterocycles. The summed E-state index contributed by atoms with van der Waals surface area (Å²) < 4.78 is 39.1. The molecule has 2 rings (SSSR count).